The molecule has 0 aliphatic rings. The molecule has 6 heteroatoms. The fraction of sp³-hybridized carbons (Fsp3) is 0.316. The van der Waals surface area contributed by atoms with Gasteiger partial charge in [-0.2, -0.15) is 5.26 Å². The van der Waals surface area contributed by atoms with Gasteiger partial charge in [-0.3, -0.25) is 4.79 Å². The summed E-state index contributed by atoms with van der Waals surface area (Å²) >= 11 is 1.26. The van der Waals surface area contributed by atoms with Crippen molar-refractivity contribution in [1.82, 2.24) is 4.98 Å². The van der Waals surface area contributed by atoms with Crippen LogP contribution < -0.4 is 5.32 Å². The van der Waals surface area contributed by atoms with Crippen LogP contribution in [0.1, 0.15) is 27.9 Å². The summed E-state index contributed by atoms with van der Waals surface area (Å²) in [4.78, 5) is 16.7. The van der Waals surface area contributed by atoms with Gasteiger partial charge in [0.15, 0.2) is 0 Å². The van der Waals surface area contributed by atoms with Crippen LogP contribution in [0.4, 0.5) is 5.69 Å². The Morgan fingerprint density at radius 1 is 1.32 bits per heavy atom. The van der Waals surface area contributed by atoms with Crippen LogP contribution in [-0.4, -0.2) is 23.8 Å². The number of hydrogen-bond donors (Lipinski definition) is 1. The van der Waals surface area contributed by atoms with Crippen LogP contribution >= 0.6 is 11.8 Å². The van der Waals surface area contributed by atoms with E-state index in [9.17, 15) is 10.1 Å². The highest BCUT2D eigenvalue weighted by Crippen LogP contribution is 2.25. The lowest BCUT2D eigenvalue weighted by Crippen LogP contribution is -2.16. The third kappa shape index (κ3) is 4.81. The van der Waals surface area contributed by atoms with Crippen molar-refractivity contribution >= 4 is 23.4 Å². The molecule has 25 heavy (non-hydrogen) atoms. The quantitative estimate of drug-likeness (QED) is 0.799. The van der Waals surface area contributed by atoms with Crippen LogP contribution in [0.5, 0.6) is 0 Å². The summed E-state index contributed by atoms with van der Waals surface area (Å²) in [5.41, 5.74) is 4.93. The smallest absolute Gasteiger partial charge is 0.234 e. The number of thioether (sulfide) groups is 1. The number of nitrogens with one attached hydrogen (secondary N) is 1. The maximum atomic E-state index is 12.3. The van der Waals surface area contributed by atoms with Crippen molar-refractivity contribution in [3.05, 3.63) is 52.2 Å². The average Bonchev–Trinajstić information content (AvgIpc) is 2.56. The average molecular weight is 355 g/mol. The molecule has 0 saturated carbocycles. The van der Waals surface area contributed by atoms with Gasteiger partial charge in [-0.15, -0.1) is 0 Å². The Morgan fingerprint density at radius 3 is 2.60 bits per heavy atom. The number of nitrogens with zero attached hydrogens (tertiary/aromatic N) is 2. The first-order chi connectivity index (χ1) is 12.0. The number of hydrogen-bond acceptors (Lipinski definition) is 5. The summed E-state index contributed by atoms with van der Waals surface area (Å²) in [5, 5.41) is 12.9. The molecule has 130 valence electrons. The lowest BCUT2D eigenvalue weighted by molar-refractivity contribution is -0.113. The number of ether oxygens (including phenoxy) is 1. The number of carbonyl (C=O) groups is 1. The molecule has 0 unspecified atom stereocenters. The third-order valence-corrected chi connectivity index (χ3v) is 4.67. The fourth-order valence-electron chi connectivity index (χ4n) is 2.52. The number of amides is 1. The van der Waals surface area contributed by atoms with Crippen LogP contribution in [0.25, 0.3) is 0 Å². The van der Waals surface area contributed by atoms with E-state index in [1.165, 1.54) is 11.8 Å². The molecule has 1 N–H and O–H groups in total. The Balaban J connectivity index is 2.13. The Hall–Kier alpha value is -2.36. The molecule has 0 spiro atoms. The second-order valence-electron chi connectivity index (χ2n) is 5.75. The number of benzene rings is 1. The lowest BCUT2D eigenvalue weighted by Gasteiger charge is -2.12. The first-order valence-corrected chi connectivity index (χ1v) is 8.83. The number of rotatable bonds is 6. The van der Waals surface area contributed by atoms with Gasteiger partial charge in [0.25, 0.3) is 0 Å². The molecule has 0 radical (unpaired) electrons. The Bertz CT molecular complexity index is 808. The second-order valence-corrected chi connectivity index (χ2v) is 6.72. The van der Waals surface area contributed by atoms with Crippen molar-refractivity contribution in [2.24, 2.45) is 0 Å². The van der Waals surface area contributed by atoms with Crippen molar-refractivity contribution in [3.63, 3.8) is 0 Å². The molecule has 5 nitrogen and oxygen atoms in total. The molecule has 0 saturated heterocycles. The van der Waals surface area contributed by atoms with Gasteiger partial charge in [0.1, 0.15) is 11.1 Å². The summed E-state index contributed by atoms with van der Waals surface area (Å²) in [5.74, 6) is 0.0635. The van der Waals surface area contributed by atoms with Crippen LogP contribution in [0.2, 0.25) is 0 Å². The summed E-state index contributed by atoms with van der Waals surface area (Å²) in [6.07, 6.45) is 0. The number of carbonyl (C=O) groups excluding carboxylic acids is 1. The molecular formula is C19H21N3O2S. The number of aryl methyl sites for hydroxylation is 3. The van der Waals surface area contributed by atoms with Crippen molar-refractivity contribution < 1.29 is 9.53 Å². The maximum Gasteiger partial charge on any atom is 0.234 e. The Kier molecular flexibility index (Phi) is 6.57. The van der Waals surface area contributed by atoms with Crippen molar-refractivity contribution in [2.75, 3.05) is 18.2 Å². The Morgan fingerprint density at radius 2 is 2.00 bits per heavy atom. The van der Waals surface area contributed by atoms with Crippen molar-refractivity contribution in [2.45, 2.75) is 32.4 Å². The molecule has 0 aliphatic heterocycles. The molecule has 1 amide bonds. The molecule has 0 fully saturated rings. The lowest BCUT2D eigenvalue weighted by atomic mass is 10.1. The normalized spacial score (nSPS) is 10.4. The van der Waals surface area contributed by atoms with E-state index in [-0.39, 0.29) is 11.7 Å². The summed E-state index contributed by atoms with van der Waals surface area (Å²) in [7, 11) is 1.59. The van der Waals surface area contributed by atoms with E-state index in [0.717, 1.165) is 28.1 Å². The molecule has 1 aromatic carbocycles. The molecule has 2 rings (SSSR count). The van der Waals surface area contributed by atoms with E-state index in [1.54, 1.807) is 7.11 Å². The minimum Gasteiger partial charge on any atom is -0.380 e. The number of methoxy groups -OCH3 is 1. The molecule has 0 atom stereocenters. The van der Waals surface area contributed by atoms with Crippen LogP contribution in [0.3, 0.4) is 0 Å². The number of nitriles is 1. The largest absolute Gasteiger partial charge is 0.380 e. The second kappa shape index (κ2) is 8.65. The van der Waals surface area contributed by atoms with Crippen LogP contribution in [-0.2, 0) is 16.1 Å². The van der Waals surface area contributed by atoms with E-state index in [0.29, 0.717) is 17.2 Å². The zero-order valence-corrected chi connectivity index (χ0v) is 15.7. The zero-order valence-electron chi connectivity index (χ0n) is 14.8. The Labute approximate surface area is 152 Å². The topological polar surface area (TPSA) is 75.0 Å². The van der Waals surface area contributed by atoms with Gasteiger partial charge in [-0.25, -0.2) is 4.98 Å². The first-order valence-electron chi connectivity index (χ1n) is 7.84. The van der Waals surface area contributed by atoms with Crippen LogP contribution in [0.15, 0.2) is 29.3 Å². The van der Waals surface area contributed by atoms with E-state index in [1.807, 2.05) is 45.0 Å². The van der Waals surface area contributed by atoms with Crippen LogP contribution in [0, 0.1) is 32.1 Å². The molecule has 1 aromatic heterocycles. The van der Waals surface area contributed by atoms with Gasteiger partial charge in [-0.05, 0) is 43.5 Å². The number of para-hydroxylation sites is 1. The van der Waals surface area contributed by atoms with E-state index in [4.69, 9.17) is 4.74 Å². The van der Waals surface area contributed by atoms with Gasteiger partial charge < -0.3 is 10.1 Å². The summed E-state index contributed by atoms with van der Waals surface area (Å²) < 4.78 is 5.14. The summed E-state index contributed by atoms with van der Waals surface area (Å²) in [6.45, 7) is 6.13. The molecule has 2 aromatic rings. The van der Waals surface area contributed by atoms with Gasteiger partial charge >= 0.3 is 0 Å². The molecule has 0 bridgehead atoms. The van der Waals surface area contributed by atoms with Gasteiger partial charge in [-0.1, -0.05) is 30.0 Å². The fourth-order valence-corrected chi connectivity index (χ4v) is 3.39. The number of pyridine rings is 1. The number of anilines is 1. The predicted octanol–water partition coefficient (Wildman–Crippen LogP) is 3.76. The monoisotopic (exact) mass is 355 g/mol. The van der Waals surface area contributed by atoms with Crippen molar-refractivity contribution in [1.29, 1.82) is 5.26 Å². The highest BCUT2D eigenvalue weighted by atomic mass is 32.2. The van der Waals surface area contributed by atoms with Gasteiger partial charge in [0.05, 0.1) is 17.9 Å². The minimum atomic E-state index is -0.122. The molecule has 1 heterocycles. The zero-order chi connectivity index (χ0) is 18.4. The highest BCUT2D eigenvalue weighted by Gasteiger charge is 2.14. The van der Waals surface area contributed by atoms with E-state index >= 15 is 0 Å². The van der Waals surface area contributed by atoms with E-state index in [2.05, 4.69) is 16.4 Å². The highest BCUT2D eigenvalue weighted by molar-refractivity contribution is 8.00. The maximum absolute atomic E-state index is 12.3. The SMILES string of the molecule is COCc1cc(C)nc(SCC(=O)Nc2c(C)cccc2C)c1C#N. The van der Waals surface area contributed by atoms with E-state index < -0.39 is 0 Å². The number of aromatic nitrogens is 1. The van der Waals surface area contributed by atoms with Gasteiger partial charge in [0.2, 0.25) is 5.91 Å². The standard InChI is InChI=1S/C19H21N3O2S/c1-12-6-5-7-13(2)18(12)22-17(23)11-25-19-16(9-20)15(10-24-4)8-14(3)21-19/h5-8H,10-11H2,1-4H3,(H,22,23). The summed E-state index contributed by atoms with van der Waals surface area (Å²) in [6, 6.07) is 9.89. The van der Waals surface area contributed by atoms with Crippen molar-refractivity contribution in [3.8, 4) is 6.07 Å². The third-order valence-electron chi connectivity index (χ3n) is 3.69. The minimum absolute atomic E-state index is 0.122. The predicted molar refractivity (Wildman–Crippen MR) is 99.7 cm³/mol. The van der Waals surface area contributed by atoms with Gasteiger partial charge in [0, 0.05) is 18.5 Å². The molecule has 0 aliphatic carbocycles. The first kappa shape index (κ1) is 19.0. The molecular weight excluding hydrogens is 334 g/mol.